The first kappa shape index (κ1) is 14.4. The highest BCUT2D eigenvalue weighted by molar-refractivity contribution is 7.14. The maximum atomic E-state index is 11.5. The van der Waals surface area contributed by atoms with Crippen molar-refractivity contribution in [3.05, 3.63) is 11.1 Å². The average Bonchev–Trinajstić information content (AvgIpc) is 2.78. The van der Waals surface area contributed by atoms with Gasteiger partial charge in [0, 0.05) is 31.9 Å². The summed E-state index contributed by atoms with van der Waals surface area (Å²) in [5, 5.41) is 12.4. The first-order chi connectivity index (χ1) is 9.10. The van der Waals surface area contributed by atoms with Crippen molar-refractivity contribution in [1.29, 1.82) is 0 Å². The van der Waals surface area contributed by atoms with E-state index in [0.717, 1.165) is 43.3 Å². The second kappa shape index (κ2) is 6.45. The smallest absolute Gasteiger partial charge is 0.225 e. The topological polar surface area (TPSA) is 56.7 Å². The Labute approximate surface area is 117 Å². The van der Waals surface area contributed by atoms with Crippen LogP contribution in [0.4, 0.5) is 5.13 Å². The standard InChI is InChI=1S/C13H21N3O2S/c1-3-16(10(2)17)13-14-11(9-19-13)7-15-6-4-5-12(18)8-15/h9,12,18H,3-8H2,1-2H3/t12-/m0/s1. The van der Waals surface area contributed by atoms with Crippen molar-refractivity contribution >= 4 is 22.4 Å². The summed E-state index contributed by atoms with van der Waals surface area (Å²) in [6.07, 6.45) is 1.72. The van der Waals surface area contributed by atoms with E-state index in [1.807, 2.05) is 12.3 Å². The van der Waals surface area contributed by atoms with E-state index < -0.39 is 0 Å². The number of carbonyl (C=O) groups is 1. The third-order valence-corrected chi connectivity index (χ3v) is 4.25. The summed E-state index contributed by atoms with van der Waals surface area (Å²) in [6, 6.07) is 0. The van der Waals surface area contributed by atoms with E-state index in [1.165, 1.54) is 11.3 Å². The number of likely N-dealkylation sites (tertiary alicyclic amines) is 1. The van der Waals surface area contributed by atoms with Gasteiger partial charge in [-0.1, -0.05) is 0 Å². The van der Waals surface area contributed by atoms with E-state index in [1.54, 1.807) is 11.8 Å². The molecule has 106 valence electrons. The molecule has 1 aliphatic heterocycles. The van der Waals surface area contributed by atoms with Gasteiger partial charge in [-0.3, -0.25) is 14.6 Å². The van der Waals surface area contributed by atoms with Crippen molar-refractivity contribution in [2.45, 2.75) is 39.3 Å². The molecule has 0 spiro atoms. The highest BCUT2D eigenvalue weighted by Gasteiger charge is 2.19. The fourth-order valence-electron chi connectivity index (χ4n) is 2.39. The number of carbonyl (C=O) groups excluding carboxylic acids is 1. The van der Waals surface area contributed by atoms with E-state index in [9.17, 15) is 9.90 Å². The Morgan fingerprint density at radius 1 is 1.68 bits per heavy atom. The molecule has 0 saturated carbocycles. The van der Waals surface area contributed by atoms with Gasteiger partial charge in [-0.2, -0.15) is 0 Å². The highest BCUT2D eigenvalue weighted by atomic mass is 32.1. The number of hydrogen-bond donors (Lipinski definition) is 1. The summed E-state index contributed by atoms with van der Waals surface area (Å²) < 4.78 is 0. The van der Waals surface area contributed by atoms with Gasteiger partial charge in [-0.25, -0.2) is 4.98 Å². The van der Waals surface area contributed by atoms with Gasteiger partial charge in [0.25, 0.3) is 0 Å². The van der Waals surface area contributed by atoms with Crippen molar-refractivity contribution < 1.29 is 9.90 Å². The maximum Gasteiger partial charge on any atom is 0.225 e. The molecule has 19 heavy (non-hydrogen) atoms. The molecule has 1 atom stereocenters. The monoisotopic (exact) mass is 283 g/mol. The van der Waals surface area contributed by atoms with Gasteiger partial charge in [0.15, 0.2) is 5.13 Å². The predicted molar refractivity (Wildman–Crippen MR) is 76.3 cm³/mol. The van der Waals surface area contributed by atoms with Crippen LogP contribution < -0.4 is 4.90 Å². The fraction of sp³-hybridized carbons (Fsp3) is 0.692. The van der Waals surface area contributed by atoms with Crippen molar-refractivity contribution in [3.63, 3.8) is 0 Å². The molecule has 0 bridgehead atoms. The summed E-state index contributed by atoms with van der Waals surface area (Å²) in [4.78, 5) is 19.9. The van der Waals surface area contributed by atoms with Crippen LogP contribution in [-0.4, -0.2) is 46.6 Å². The molecule has 1 saturated heterocycles. The number of anilines is 1. The number of aliphatic hydroxyl groups excluding tert-OH is 1. The fourth-order valence-corrected chi connectivity index (χ4v) is 3.31. The molecule has 1 N–H and O–H groups in total. The molecule has 1 fully saturated rings. The van der Waals surface area contributed by atoms with Crippen LogP contribution >= 0.6 is 11.3 Å². The van der Waals surface area contributed by atoms with E-state index >= 15 is 0 Å². The Balaban J connectivity index is 1.98. The number of aliphatic hydroxyl groups is 1. The number of thiazole rings is 1. The minimum Gasteiger partial charge on any atom is -0.392 e. The SMILES string of the molecule is CCN(C(C)=O)c1nc(CN2CCC[C@H](O)C2)cs1. The van der Waals surface area contributed by atoms with Crippen LogP contribution in [0.25, 0.3) is 0 Å². The van der Waals surface area contributed by atoms with Crippen LogP contribution in [0.5, 0.6) is 0 Å². The van der Waals surface area contributed by atoms with E-state index in [2.05, 4.69) is 9.88 Å². The molecular formula is C13H21N3O2S. The molecule has 1 aromatic rings. The van der Waals surface area contributed by atoms with Crippen LogP contribution in [0.15, 0.2) is 5.38 Å². The lowest BCUT2D eigenvalue weighted by Gasteiger charge is -2.29. The molecular weight excluding hydrogens is 262 g/mol. The van der Waals surface area contributed by atoms with Crippen molar-refractivity contribution in [3.8, 4) is 0 Å². The zero-order chi connectivity index (χ0) is 13.8. The Morgan fingerprint density at radius 3 is 3.11 bits per heavy atom. The highest BCUT2D eigenvalue weighted by Crippen LogP contribution is 2.22. The molecule has 5 nitrogen and oxygen atoms in total. The molecule has 0 unspecified atom stereocenters. The minimum absolute atomic E-state index is 0.0248. The van der Waals surface area contributed by atoms with Crippen LogP contribution in [0.3, 0.4) is 0 Å². The molecule has 6 heteroatoms. The first-order valence-electron chi connectivity index (χ1n) is 6.73. The summed E-state index contributed by atoms with van der Waals surface area (Å²) in [6.45, 7) is 6.63. The lowest BCUT2D eigenvalue weighted by molar-refractivity contribution is -0.116. The molecule has 0 aliphatic carbocycles. The number of aromatic nitrogens is 1. The van der Waals surface area contributed by atoms with Crippen LogP contribution in [-0.2, 0) is 11.3 Å². The van der Waals surface area contributed by atoms with E-state index in [0.29, 0.717) is 6.54 Å². The molecule has 0 aromatic carbocycles. The Morgan fingerprint density at radius 2 is 2.47 bits per heavy atom. The van der Waals surface area contributed by atoms with Gasteiger partial charge in [0.05, 0.1) is 11.8 Å². The third kappa shape index (κ3) is 3.75. The number of amides is 1. The molecule has 1 aromatic heterocycles. The number of β-amino-alcohol motifs (C(OH)–C–C–N with tert-alkyl or cyclic N) is 1. The Kier molecular flexibility index (Phi) is 4.90. The second-order valence-corrected chi connectivity index (χ2v) is 5.75. The number of piperidine rings is 1. The van der Waals surface area contributed by atoms with Crippen LogP contribution in [0, 0.1) is 0 Å². The number of hydrogen-bond acceptors (Lipinski definition) is 5. The second-order valence-electron chi connectivity index (χ2n) is 4.92. The number of nitrogens with zero attached hydrogens (tertiary/aromatic N) is 3. The summed E-state index contributed by atoms with van der Waals surface area (Å²) >= 11 is 1.50. The van der Waals surface area contributed by atoms with Gasteiger partial charge < -0.3 is 5.11 Å². The number of rotatable bonds is 4. The molecule has 1 amide bonds. The Bertz CT molecular complexity index is 435. The van der Waals surface area contributed by atoms with Gasteiger partial charge in [0.1, 0.15) is 0 Å². The zero-order valence-electron chi connectivity index (χ0n) is 11.5. The maximum absolute atomic E-state index is 11.5. The van der Waals surface area contributed by atoms with Crippen molar-refractivity contribution in [2.24, 2.45) is 0 Å². The normalized spacial score (nSPS) is 20.5. The van der Waals surface area contributed by atoms with Gasteiger partial charge in [-0.15, -0.1) is 11.3 Å². The van der Waals surface area contributed by atoms with Crippen molar-refractivity contribution in [1.82, 2.24) is 9.88 Å². The lowest BCUT2D eigenvalue weighted by Crippen LogP contribution is -2.37. The van der Waals surface area contributed by atoms with E-state index in [4.69, 9.17) is 0 Å². The summed E-state index contributed by atoms with van der Waals surface area (Å²) in [7, 11) is 0. The van der Waals surface area contributed by atoms with Crippen LogP contribution in [0.1, 0.15) is 32.4 Å². The first-order valence-corrected chi connectivity index (χ1v) is 7.61. The molecule has 0 radical (unpaired) electrons. The quantitative estimate of drug-likeness (QED) is 0.909. The minimum atomic E-state index is -0.212. The van der Waals surface area contributed by atoms with Gasteiger partial charge in [0.2, 0.25) is 5.91 Å². The zero-order valence-corrected chi connectivity index (χ0v) is 12.3. The molecule has 2 rings (SSSR count). The predicted octanol–water partition coefficient (Wildman–Crippen LogP) is 1.47. The van der Waals surface area contributed by atoms with Crippen LogP contribution in [0.2, 0.25) is 0 Å². The summed E-state index contributed by atoms with van der Waals surface area (Å²) in [5.41, 5.74) is 0.980. The average molecular weight is 283 g/mol. The van der Waals surface area contributed by atoms with Gasteiger partial charge in [-0.05, 0) is 26.3 Å². The van der Waals surface area contributed by atoms with E-state index in [-0.39, 0.29) is 12.0 Å². The van der Waals surface area contributed by atoms with Gasteiger partial charge >= 0.3 is 0 Å². The Hall–Kier alpha value is -0.980. The van der Waals surface area contributed by atoms with Crippen molar-refractivity contribution in [2.75, 3.05) is 24.5 Å². The lowest BCUT2D eigenvalue weighted by atomic mass is 10.1. The third-order valence-electron chi connectivity index (χ3n) is 3.33. The molecule has 2 heterocycles. The largest absolute Gasteiger partial charge is 0.392 e. The summed E-state index contributed by atoms with van der Waals surface area (Å²) in [5.74, 6) is 0.0248. The molecule has 1 aliphatic rings.